The van der Waals surface area contributed by atoms with Crippen LogP contribution in [0.5, 0.6) is 11.5 Å². The molecular weight excluding hydrogens is 276 g/mol. The molecule has 0 spiro atoms. The molecule has 1 aromatic carbocycles. The third-order valence-corrected chi connectivity index (χ3v) is 3.20. The van der Waals surface area contributed by atoms with Crippen LogP contribution in [-0.4, -0.2) is 27.6 Å². The Bertz CT molecular complexity index is 781. The van der Waals surface area contributed by atoms with E-state index in [2.05, 4.69) is 5.10 Å². The summed E-state index contributed by atoms with van der Waals surface area (Å²) in [6.07, 6.45) is 1.96. The fourth-order valence-electron chi connectivity index (χ4n) is 2.09. The van der Waals surface area contributed by atoms with Crippen LogP contribution in [0.15, 0.2) is 29.2 Å². The number of aryl methyl sites for hydroxylation is 1. The van der Waals surface area contributed by atoms with Crippen molar-refractivity contribution < 1.29 is 19.4 Å². The van der Waals surface area contributed by atoms with Crippen LogP contribution in [0, 0.1) is 0 Å². The summed E-state index contributed by atoms with van der Waals surface area (Å²) in [4.78, 5) is 23.1. The van der Waals surface area contributed by atoms with Gasteiger partial charge in [0, 0.05) is 17.8 Å². The van der Waals surface area contributed by atoms with Crippen LogP contribution in [0.25, 0.3) is 5.69 Å². The monoisotopic (exact) mass is 288 g/mol. The molecule has 0 aliphatic carbocycles. The van der Waals surface area contributed by atoms with Crippen molar-refractivity contribution in [3.05, 3.63) is 45.9 Å². The van der Waals surface area contributed by atoms with Gasteiger partial charge in [-0.1, -0.05) is 6.92 Å². The largest absolute Gasteiger partial charge is 0.476 e. The van der Waals surface area contributed by atoms with Gasteiger partial charge in [0.05, 0.1) is 5.69 Å². The lowest BCUT2D eigenvalue weighted by Gasteiger charge is -2.09. The molecule has 2 aromatic rings. The molecule has 1 aliphatic heterocycles. The summed E-state index contributed by atoms with van der Waals surface area (Å²) < 4.78 is 11.9. The quantitative estimate of drug-likeness (QED) is 0.913. The zero-order valence-corrected chi connectivity index (χ0v) is 11.2. The molecular formula is C14H12N2O5. The maximum absolute atomic E-state index is 11.9. The summed E-state index contributed by atoms with van der Waals surface area (Å²) in [5, 5.41) is 13.0. The van der Waals surface area contributed by atoms with Gasteiger partial charge >= 0.3 is 5.97 Å². The van der Waals surface area contributed by atoms with Crippen molar-refractivity contribution in [2.45, 2.75) is 13.3 Å². The Morgan fingerprint density at radius 1 is 1.38 bits per heavy atom. The maximum atomic E-state index is 11.9. The summed E-state index contributed by atoms with van der Waals surface area (Å²) in [5.74, 6) is -0.165. The van der Waals surface area contributed by atoms with Gasteiger partial charge < -0.3 is 14.6 Å². The average Bonchev–Trinajstić information content (AvgIpc) is 2.94. The summed E-state index contributed by atoms with van der Waals surface area (Å²) in [7, 11) is 0. The lowest BCUT2D eigenvalue weighted by atomic mass is 10.2. The summed E-state index contributed by atoms with van der Waals surface area (Å²) in [6.45, 7) is 1.93. The number of benzene rings is 1. The molecule has 108 valence electrons. The molecule has 2 heterocycles. The van der Waals surface area contributed by atoms with E-state index in [0.717, 1.165) is 0 Å². The van der Waals surface area contributed by atoms with E-state index in [0.29, 0.717) is 29.2 Å². The van der Waals surface area contributed by atoms with Crippen molar-refractivity contribution in [1.82, 2.24) is 9.78 Å². The molecule has 0 unspecified atom stereocenters. The minimum atomic E-state index is -1.34. The van der Waals surface area contributed by atoms with E-state index in [4.69, 9.17) is 14.6 Å². The predicted octanol–water partition coefficient (Wildman–Crippen LogP) is 1.22. The fraction of sp³-hybridized carbons (Fsp3) is 0.214. The number of carboxylic acids is 1. The van der Waals surface area contributed by atoms with Crippen molar-refractivity contribution in [2.24, 2.45) is 0 Å². The first-order valence-electron chi connectivity index (χ1n) is 6.36. The molecule has 0 amide bonds. The first kappa shape index (κ1) is 13.2. The number of hydrogen-bond donors (Lipinski definition) is 1. The Labute approximate surface area is 119 Å². The van der Waals surface area contributed by atoms with Crippen LogP contribution in [0.2, 0.25) is 0 Å². The second-order valence-corrected chi connectivity index (χ2v) is 4.47. The molecule has 1 N–H and O–H groups in total. The number of nitrogens with zero attached hydrogens (tertiary/aromatic N) is 2. The predicted molar refractivity (Wildman–Crippen MR) is 72.3 cm³/mol. The van der Waals surface area contributed by atoms with E-state index in [1.165, 1.54) is 10.9 Å². The second-order valence-electron chi connectivity index (χ2n) is 4.47. The van der Waals surface area contributed by atoms with Crippen LogP contribution in [0.1, 0.15) is 23.0 Å². The molecule has 0 fully saturated rings. The van der Waals surface area contributed by atoms with E-state index in [1.807, 2.05) is 0 Å². The molecule has 1 aromatic heterocycles. The van der Waals surface area contributed by atoms with Gasteiger partial charge in [-0.3, -0.25) is 4.79 Å². The number of aromatic nitrogens is 2. The van der Waals surface area contributed by atoms with E-state index in [9.17, 15) is 9.59 Å². The van der Waals surface area contributed by atoms with Crippen LogP contribution in [0.3, 0.4) is 0 Å². The molecule has 21 heavy (non-hydrogen) atoms. The van der Waals surface area contributed by atoms with Crippen molar-refractivity contribution in [3.8, 4) is 17.2 Å². The van der Waals surface area contributed by atoms with Crippen LogP contribution >= 0.6 is 0 Å². The third kappa shape index (κ3) is 2.22. The van der Waals surface area contributed by atoms with Gasteiger partial charge in [-0.05, 0) is 18.6 Å². The number of fused-ring (bicyclic) bond motifs is 1. The standard InChI is InChI=1S/C14H12N2O5/c1-2-8-6-16(15-12(13(8)17)14(18)19)9-3-4-10-11(5-9)21-7-20-10/h3-6H,2,7H2,1H3,(H,18,19). The number of rotatable bonds is 3. The highest BCUT2D eigenvalue weighted by atomic mass is 16.7. The van der Waals surface area contributed by atoms with Crippen LogP contribution in [-0.2, 0) is 6.42 Å². The van der Waals surface area contributed by atoms with Gasteiger partial charge in [-0.15, -0.1) is 0 Å². The van der Waals surface area contributed by atoms with Crippen molar-refractivity contribution in [3.63, 3.8) is 0 Å². The smallest absolute Gasteiger partial charge is 0.360 e. The molecule has 3 rings (SSSR count). The number of ether oxygens (including phenoxy) is 2. The zero-order chi connectivity index (χ0) is 15.0. The lowest BCUT2D eigenvalue weighted by molar-refractivity contribution is 0.0686. The number of carbonyl (C=O) groups is 1. The Kier molecular flexibility index (Phi) is 3.09. The van der Waals surface area contributed by atoms with Crippen LogP contribution in [0.4, 0.5) is 0 Å². The minimum Gasteiger partial charge on any atom is -0.476 e. The molecule has 0 radical (unpaired) electrons. The van der Waals surface area contributed by atoms with Gasteiger partial charge in [0.2, 0.25) is 17.9 Å². The van der Waals surface area contributed by atoms with Gasteiger partial charge in [-0.25, -0.2) is 9.48 Å². The van der Waals surface area contributed by atoms with Crippen molar-refractivity contribution >= 4 is 5.97 Å². The zero-order valence-electron chi connectivity index (χ0n) is 11.2. The number of aromatic carboxylic acids is 1. The van der Waals surface area contributed by atoms with E-state index >= 15 is 0 Å². The maximum Gasteiger partial charge on any atom is 0.360 e. The first-order valence-corrected chi connectivity index (χ1v) is 6.36. The average molecular weight is 288 g/mol. The molecule has 0 saturated heterocycles. The highest BCUT2D eigenvalue weighted by molar-refractivity contribution is 5.85. The van der Waals surface area contributed by atoms with E-state index in [-0.39, 0.29) is 6.79 Å². The van der Waals surface area contributed by atoms with Crippen molar-refractivity contribution in [1.29, 1.82) is 0 Å². The third-order valence-electron chi connectivity index (χ3n) is 3.20. The van der Waals surface area contributed by atoms with Gasteiger partial charge in [0.25, 0.3) is 0 Å². The molecule has 0 saturated carbocycles. The summed E-state index contributed by atoms with van der Waals surface area (Å²) in [6, 6.07) is 5.12. The highest BCUT2D eigenvalue weighted by Gasteiger charge is 2.18. The molecule has 1 aliphatic rings. The molecule has 7 heteroatoms. The highest BCUT2D eigenvalue weighted by Crippen LogP contribution is 2.33. The number of carboxylic acid groups (broad SMARTS) is 1. The van der Waals surface area contributed by atoms with Crippen molar-refractivity contribution in [2.75, 3.05) is 6.79 Å². The second kappa shape index (κ2) is 4.93. The first-order chi connectivity index (χ1) is 10.1. The summed E-state index contributed by atoms with van der Waals surface area (Å²) >= 11 is 0. The van der Waals surface area contributed by atoms with Gasteiger partial charge in [0.15, 0.2) is 11.5 Å². The topological polar surface area (TPSA) is 90.7 Å². The van der Waals surface area contributed by atoms with Crippen LogP contribution < -0.4 is 14.9 Å². The minimum absolute atomic E-state index is 0.150. The molecule has 0 atom stereocenters. The van der Waals surface area contributed by atoms with Gasteiger partial charge in [0.1, 0.15) is 0 Å². The Balaban J connectivity index is 2.16. The Morgan fingerprint density at radius 3 is 2.86 bits per heavy atom. The van der Waals surface area contributed by atoms with E-state index < -0.39 is 17.1 Å². The fourth-order valence-corrected chi connectivity index (χ4v) is 2.09. The molecule has 0 bridgehead atoms. The summed E-state index contributed by atoms with van der Waals surface area (Å²) in [5.41, 5.74) is -0.0643. The van der Waals surface area contributed by atoms with E-state index in [1.54, 1.807) is 25.1 Å². The Morgan fingerprint density at radius 2 is 2.14 bits per heavy atom. The number of hydrogen-bond acceptors (Lipinski definition) is 5. The lowest BCUT2D eigenvalue weighted by Crippen LogP contribution is -2.24. The Hall–Kier alpha value is -2.83. The normalized spacial score (nSPS) is 12.4. The molecule has 7 nitrogen and oxygen atoms in total. The SMILES string of the molecule is CCc1cn(-c2ccc3c(c2)OCO3)nc(C(=O)O)c1=O. The van der Waals surface area contributed by atoms with Gasteiger partial charge in [-0.2, -0.15) is 5.10 Å².